The molecule has 5 heterocycles. The number of aliphatic hydroxyl groups is 11. The second-order valence-corrected chi connectivity index (χ2v) is 14.1. The van der Waals surface area contributed by atoms with E-state index < -0.39 is 112 Å². The Morgan fingerprint density at radius 1 is 0.855 bits per heavy atom. The van der Waals surface area contributed by atoms with Crippen LogP contribution >= 0.6 is 0 Å². The van der Waals surface area contributed by atoms with Gasteiger partial charge < -0.3 is 80.3 Å². The molecule has 55 heavy (non-hydrogen) atoms. The normalized spacial score (nSPS) is 34.1. The summed E-state index contributed by atoms with van der Waals surface area (Å²) in [6.45, 7) is -2.86. The van der Waals surface area contributed by atoms with Crippen molar-refractivity contribution in [2.45, 2.75) is 79.9 Å². The maximum Gasteiger partial charge on any atom is 0.276 e. The molecule has 2 saturated heterocycles. The number of fused-ring (bicyclic) bond motifs is 9. The Morgan fingerprint density at radius 2 is 1.56 bits per heavy atom. The van der Waals surface area contributed by atoms with Gasteiger partial charge in [-0.2, -0.15) is 0 Å². The van der Waals surface area contributed by atoms with Crippen molar-refractivity contribution in [2.24, 2.45) is 0 Å². The van der Waals surface area contributed by atoms with Gasteiger partial charge in [0.1, 0.15) is 60.4 Å². The number of ether oxygens (including phenoxy) is 3. The van der Waals surface area contributed by atoms with E-state index in [4.69, 9.17) is 14.2 Å². The number of aromatic nitrogens is 1. The van der Waals surface area contributed by atoms with Crippen LogP contribution in [0.2, 0.25) is 0 Å². The maximum atomic E-state index is 14.3. The molecule has 13 N–H and O–H groups in total. The first-order chi connectivity index (χ1) is 26.3. The van der Waals surface area contributed by atoms with E-state index in [1.165, 1.54) is 35.3 Å². The summed E-state index contributed by atoms with van der Waals surface area (Å²) in [5.41, 5.74) is 3.77. The zero-order valence-corrected chi connectivity index (χ0v) is 28.7. The van der Waals surface area contributed by atoms with Crippen LogP contribution in [0.5, 0.6) is 0 Å². The van der Waals surface area contributed by atoms with Crippen molar-refractivity contribution in [3.63, 3.8) is 0 Å². The molecule has 0 radical (unpaired) electrons. The van der Waals surface area contributed by atoms with E-state index in [-0.39, 0.29) is 50.9 Å². The first-order valence-electron chi connectivity index (χ1n) is 17.5. The van der Waals surface area contributed by atoms with E-state index in [1.807, 2.05) is 0 Å². The molecule has 4 aliphatic heterocycles. The Balaban J connectivity index is 1.27. The number of rotatable bonds is 9. The van der Waals surface area contributed by atoms with Gasteiger partial charge in [-0.3, -0.25) is 9.59 Å². The number of anilines is 1. The molecule has 0 saturated carbocycles. The Bertz CT molecular complexity index is 2140. The van der Waals surface area contributed by atoms with Crippen LogP contribution in [0.15, 0.2) is 35.8 Å². The summed E-state index contributed by atoms with van der Waals surface area (Å²) < 4.78 is 17.5. The van der Waals surface area contributed by atoms with Gasteiger partial charge in [0.25, 0.3) is 11.8 Å². The van der Waals surface area contributed by atoms with Gasteiger partial charge in [0, 0.05) is 22.0 Å². The predicted octanol–water partition coefficient (Wildman–Crippen LogP) is -5.62. The van der Waals surface area contributed by atoms with Crippen LogP contribution in [0.3, 0.4) is 0 Å². The van der Waals surface area contributed by atoms with Crippen molar-refractivity contribution in [1.82, 2.24) is 15.4 Å². The van der Waals surface area contributed by atoms with Gasteiger partial charge in [-0.25, -0.2) is 10.4 Å². The lowest BCUT2D eigenvalue weighted by Crippen LogP contribution is -2.67. The minimum atomic E-state index is -1.92. The van der Waals surface area contributed by atoms with Crippen molar-refractivity contribution in [3.8, 4) is 0 Å². The number of amides is 2. The number of hydrazine groups is 1. The molecule has 2 fully saturated rings. The van der Waals surface area contributed by atoms with Gasteiger partial charge >= 0.3 is 0 Å². The number of carbonyl (C=O) groups excluding carboxylic acids is 2. The highest BCUT2D eigenvalue weighted by Gasteiger charge is 2.55. The fraction of sp³-hybridized carbons (Fsp3) is 0.486. The minimum absolute atomic E-state index is 0.0341. The SMILES string of the molecule is O=C1c2c(c3c4c([nH]c3c3c2=C2C=CC(O)=CC2N3[C@@H]2O[C@H](CO)[C@@H](O[C@H]3O[C@H](CO)[C@@H](O)[C@H](O)[C@H]3O)[C@H](O)[C@H]2O)=CC(O)=CC4)C(=O)N1NC(CO)CO. The summed E-state index contributed by atoms with van der Waals surface area (Å²) in [4.78, 5) is 33.2. The molecule has 1 aromatic carbocycles. The van der Waals surface area contributed by atoms with Gasteiger partial charge in [-0.1, -0.05) is 6.08 Å². The second kappa shape index (κ2) is 14.0. The minimum Gasteiger partial charge on any atom is -0.508 e. The zero-order chi connectivity index (χ0) is 39.2. The molecule has 2 aliphatic carbocycles. The fourth-order valence-electron chi connectivity index (χ4n) is 8.24. The van der Waals surface area contributed by atoms with Crippen LogP contribution in [0, 0.1) is 0 Å². The second-order valence-electron chi connectivity index (χ2n) is 14.1. The third kappa shape index (κ3) is 5.64. The quantitative estimate of drug-likeness (QED) is 0.106. The zero-order valence-electron chi connectivity index (χ0n) is 28.7. The standard InChI is InChI=1S/C35H40N4O16/c40-7-11(8-41)37-39-32(51)22-20-14-3-1-12(44)5-16(14)36-24(20)25-21(23(22)33(39)52)15-4-2-13(45)6-17(15)38(25)34-29(49)28(48)31(19(10-43)53-34)55-35-30(50)27(47)26(46)18(9-42)54-35/h1-2,4-6,11,17-19,26-31,34-37,40-50H,3,7-10H2/t17?,18-,19-,26-,27+,28-,29-,30-,31-,34-,35-/m1/s1. The van der Waals surface area contributed by atoms with E-state index in [2.05, 4.69) is 10.4 Å². The lowest BCUT2D eigenvalue weighted by molar-refractivity contribution is -0.342. The van der Waals surface area contributed by atoms with E-state index in [0.717, 1.165) is 0 Å². The largest absolute Gasteiger partial charge is 0.508 e. The highest BCUT2D eigenvalue weighted by atomic mass is 16.7. The summed E-state index contributed by atoms with van der Waals surface area (Å²) in [7, 11) is 0. The van der Waals surface area contributed by atoms with E-state index in [0.29, 0.717) is 21.5 Å². The molecule has 6 aliphatic rings. The number of hydrogen-bond acceptors (Lipinski definition) is 18. The molecule has 11 atom stereocenters. The molecule has 8 rings (SSSR count). The lowest BCUT2D eigenvalue weighted by atomic mass is 9.93. The average molecular weight is 773 g/mol. The van der Waals surface area contributed by atoms with Crippen LogP contribution < -0.4 is 20.9 Å². The van der Waals surface area contributed by atoms with Gasteiger partial charge in [-0.05, 0) is 35.8 Å². The Labute approximate surface area is 309 Å². The number of imide groups is 1. The number of nitrogens with zero attached hydrogens (tertiary/aromatic N) is 2. The summed E-state index contributed by atoms with van der Waals surface area (Å²) in [6.07, 6.45) is -9.81. The number of carbonyl (C=O) groups is 2. The Morgan fingerprint density at radius 3 is 2.25 bits per heavy atom. The third-order valence-corrected chi connectivity index (χ3v) is 10.9. The number of aromatic amines is 1. The van der Waals surface area contributed by atoms with Crippen molar-refractivity contribution in [3.05, 3.63) is 63.1 Å². The van der Waals surface area contributed by atoms with Gasteiger partial charge in [0.15, 0.2) is 12.5 Å². The number of hydrogen-bond donors (Lipinski definition) is 13. The molecular formula is C35H40N4O16. The highest BCUT2D eigenvalue weighted by Crippen LogP contribution is 2.44. The molecule has 0 spiro atoms. The molecule has 0 bridgehead atoms. The van der Waals surface area contributed by atoms with E-state index in [9.17, 15) is 65.8 Å². The Hall–Kier alpha value is -4.26. The maximum absolute atomic E-state index is 14.3. The topological polar surface area (TPSA) is 319 Å². The molecule has 2 aromatic rings. The highest BCUT2D eigenvalue weighted by molar-refractivity contribution is 6.29. The molecule has 20 heteroatoms. The van der Waals surface area contributed by atoms with Crippen LogP contribution in [0.4, 0.5) is 5.69 Å². The van der Waals surface area contributed by atoms with Crippen molar-refractivity contribution < 1.29 is 80.0 Å². The van der Waals surface area contributed by atoms with Gasteiger partial charge in [0.2, 0.25) is 0 Å². The predicted molar refractivity (Wildman–Crippen MR) is 184 cm³/mol. The number of nitrogens with one attached hydrogen (secondary N) is 2. The third-order valence-electron chi connectivity index (χ3n) is 10.9. The van der Waals surface area contributed by atoms with Crippen molar-refractivity contribution >= 4 is 40.1 Å². The van der Waals surface area contributed by atoms with Crippen LogP contribution in [0.25, 0.3) is 22.6 Å². The van der Waals surface area contributed by atoms with Crippen molar-refractivity contribution in [2.75, 3.05) is 31.3 Å². The van der Waals surface area contributed by atoms with Gasteiger partial charge in [0.05, 0.1) is 60.8 Å². The average Bonchev–Trinajstić information content (AvgIpc) is 3.78. The number of aliphatic hydroxyl groups excluding tert-OH is 11. The molecule has 20 nitrogen and oxygen atoms in total. The molecule has 1 aromatic heterocycles. The van der Waals surface area contributed by atoms with Crippen LogP contribution in [-0.4, -0.2) is 178 Å². The first kappa shape index (κ1) is 37.7. The van der Waals surface area contributed by atoms with Gasteiger partial charge in [-0.15, -0.1) is 0 Å². The molecule has 2 amide bonds. The fourth-order valence-corrected chi connectivity index (χ4v) is 8.24. The molecule has 296 valence electrons. The summed E-state index contributed by atoms with van der Waals surface area (Å²) in [5.74, 6) is -1.94. The summed E-state index contributed by atoms with van der Waals surface area (Å²) >= 11 is 0. The smallest absolute Gasteiger partial charge is 0.276 e. The lowest BCUT2D eigenvalue weighted by Gasteiger charge is -2.49. The number of benzene rings is 1. The number of H-pyrrole nitrogens is 1. The van der Waals surface area contributed by atoms with E-state index in [1.54, 1.807) is 0 Å². The van der Waals surface area contributed by atoms with Crippen molar-refractivity contribution in [1.29, 1.82) is 0 Å². The summed E-state index contributed by atoms with van der Waals surface area (Å²) in [5, 5.41) is 117. The monoisotopic (exact) mass is 772 g/mol. The molecular weight excluding hydrogens is 732 g/mol. The number of allylic oxidation sites excluding steroid dienone is 3. The molecule has 1 unspecified atom stereocenters. The first-order valence-corrected chi connectivity index (χ1v) is 17.5. The Kier molecular flexibility index (Phi) is 9.61. The summed E-state index contributed by atoms with van der Waals surface area (Å²) in [6, 6.07) is -2.13. The van der Waals surface area contributed by atoms with Crippen LogP contribution in [-0.2, 0) is 20.6 Å². The van der Waals surface area contributed by atoms with E-state index >= 15 is 0 Å². The van der Waals surface area contributed by atoms with Crippen LogP contribution in [0.1, 0.15) is 26.3 Å².